The van der Waals surface area contributed by atoms with E-state index in [1.807, 2.05) is 0 Å². The molecule has 1 unspecified atom stereocenters. The predicted molar refractivity (Wildman–Crippen MR) is 41.3 cm³/mol. The molecular weight excluding hydrogens is 198 g/mol. The summed E-state index contributed by atoms with van der Waals surface area (Å²) in [5.41, 5.74) is -4.03. The van der Waals surface area contributed by atoms with Gasteiger partial charge in [-0.3, -0.25) is 0 Å². The average Bonchev–Trinajstić information content (AvgIpc) is 2.21. The van der Waals surface area contributed by atoms with Crippen LogP contribution in [0.2, 0.25) is 0 Å². The number of rotatable bonds is 0. The Morgan fingerprint density at radius 2 is 1.93 bits per heavy atom. The van der Waals surface area contributed by atoms with Gasteiger partial charge in [0, 0.05) is 5.57 Å². The molecule has 0 amide bonds. The van der Waals surface area contributed by atoms with E-state index in [9.17, 15) is 17.6 Å². The lowest BCUT2D eigenvalue weighted by Crippen LogP contribution is -2.35. The normalized spacial score (nSPS) is 33.4. The molecule has 0 saturated carbocycles. The maximum absolute atomic E-state index is 13.5. The van der Waals surface area contributed by atoms with Crippen molar-refractivity contribution in [1.82, 2.24) is 0 Å². The molecule has 1 rings (SSSR count). The Hall–Kier alpha value is -1.31. The van der Waals surface area contributed by atoms with Gasteiger partial charge in [0.2, 0.25) is 0 Å². The third kappa shape index (κ3) is 1.14. The highest BCUT2D eigenvalue weighted by Crippen LogP contribution is 2.45. The minimum Gasteiger partial charge on any atom is -0.219 e. The van der Waals surface area contributed by atoms with Crippen molar-refractivity contribution in [3.8, 4) is 6.07 Å². The molecule has 75 valence electrons. The van der Waals surface area contributed by atoms with Crippen LogP contribution in [0.5, 0.6) is 0 Å². The fourth-order valence-electron chi connectivity index (χ4n) is 1.16. The first-order chi connectivity index (χ1) is 6.36. The van der Waals surface area contributed by atoms with Gasteiger partial charge in [-0.15, -0.1) is 0 Å². The van der Waals surface area contributed by atoms with E-state index in [-0.39, 0.29) is 0 Å². The summed E-state index contributed by atoms with van der Waals surface area (Å²) in [6.07, 6.45) is 0. The van der Waals surface area contributed by atoms with Gasteiger partial charge in [0.05, 0.1) is 5.92 Å². The van der Waals surface area contributed by atoms with Crippen LogP contribution in [0.25, 0.3) is 0 Å². The molecule has 2 atom stereocenters. The van der Waals surface area contributed by atoms with Gasteiger partial charge in [0.25, 0.3) is 5.67 Å². The molecule has 0 N–H and O–H groups in total. The van der Waals surface area contributed by atoms with E-state index in [0.717, 1.165) is 13.0 Å². The molecule has 0 bridgehead atoms. The molecule has 1 aliphatic rings. The zero-order valence-corrected chi connectivity index (χ0v) is 7.24. The molecule has 1 aliphatic carbocycles. The molecule has 0 aromatic rings. The topological polar surface area (TPSA) is 23.8 Å². The van der Waals surface area contributed by atoms with Crippen molar-refractivity contribution in [3.63, 3.8) is 0 Å². The van der Waals surface area contributed by atoms with Crippen molar-refractivity contribution in [2.45, 2.75) is 12.6 Å². The lowest BCUT2D eigenvalue weighted by Gasteiger charge is -2.27. The SMILES string of the molecule is [CH2]C1C(F)=C(F)C(C)=C(F)[C@]1(F)C#N. The minimum absolute atomic E-state index is 0.827. The van der Waals surface area contributed by atoms with E-state index in [1.165, 1.54) is 0 Å². The summed E-state index contributed by atoms with van der Waals surface area (Å²) in [7, 11) is 0. The molecular formula is C9H6F4N. The summed E-state index contributed by atoms with van der Waals surface area (Å²) in [4.78, 5) is 0. The van der Waals surface area contributed by atoms with E-state index in [4.69, 9.17) is 5.26 Å². The van der Waals surface area contributed by atoms with Crippen LogP contribution in [-0.2, 0) is 0 Å². The van der Waals surface area contributed by atoms with Gasteiger partial charge in [-0.25, -0.2) is 17.6 Å². The summed E-state index contributed by atoms with van der Waals surface area (Å²) in [5.74, 6) is -6.63. The molecule has 0 aliphatic heterocycles. The maximum atomic E-state index is 13.5. The Balaban J connectivity index is 3.43. The van der Waals surface area contributed by atoms with Crippen LogP contribution in [0.15, 0.2) is 23.1 Å². The lowest BCUT2D eigenvalue weighted by molar-refractivity contribution is 0.172. The Labute approximate surface area is 78.3 Å². The molecule has 0 aromatic carbocycles. The molecule has 14 heavy (non-hydrogen) atoms. The molecule has 0 fully saturated rings. The minimum atomic E-state index is -3.20. The summed E-state index contributed by atoms with van der Waals surface area (Å²) >= 11 is 0. The number of nitrogens with zero attached hydrogens (tertiary/aromatic N) is 1. The monoisotopic (exact) mass is 204 g/mol. The van der Waals surface area contributed by atoms with Crippen molar-refractivity contribution in [1.29, 1.82) is 5.26 Å². The summed E-state index contributed by atoms with van der Waals surface area (Å²) in [6, 6.07) is 0.958. The first kappa shape index (κ1) is 10.8. The molecule has 0 saturated heterocycles. The lowest BCUT2D eigenvalue weighted by atomic mass is 9.83. The fourth-order valence-corrected chi connectivity index (χ4v) is 1.16. The van der Waals surface area contributed by atoms with Gasteiger partial charge in [0.15, 0.2) is 11.7 Å². The van der Waals surface area contributed by atoms with Gasteiger partial charge in [-0.1, -0.05) is 0 Å². The van der Waals surface area contributed by atoms with Crippen molar-refractivity contribution in [2.75, 3.05) is 0 Å². The van der Waals surface area contributed by atoms with Crippen LogP contribution < -0.4 is 0 Å². The van der Waals surface area contributed by atoms with Gasteiger partial charge in [0.1, 0.15) is 11.9 Å². The van der Waals surface area contributed by atoms with Crippen LogP contribution in [0.3, 0.4) is 0 Å². The number of hydrogen-bond acceptors (Lipinski definition) is 1. The van der Waals surface area contributed by atoms with Crippen LogP contribution >= 0.6 is 0 Å². The Bertz CT molecular complexity index is 377. The van der Waals surface area contributed by atoms with Crippen molar-refractivity contribution < 1.29 is 17.6 Å². The fraction of sp³-hybridized carbons (Fsp3) is 0.333. The van der Waals surface area contributed by atoms with Crippen LogP contribution in [0.4, 0.5) is 17.6 Å². The molecule has 0 aromatic heterocycles. The maximum Gasteiger partial charge on any atom is 0.256 e. The quantitative estimate of drug-likeness (QED) is 0.556. The zero-order valence-electron chi connectivity index (χ0n) is 7.24. The molecule has 1 radical (unpaired) electrons. The van der Waals surface area contributed by atoms with Gasteiger partial charge in [-0.05, 0) is 13.8 Å². The van der Waals surface area contributed by atoms with Gasteiger partial charge < -0.3 is 0 Å². The van der Waals surface area contributed by atoms with E-state index in [2.05, 4.69) is 6.92 Å². The van der Waals surface area contributed by atoms with E-state index in [1.54, 1.807) is 0 Å². The van der Waals surface area contributed by atoms with Gasteiger partial charge >= 0.3 is 0 Å². The Morgan fingerprint density at radius 1 is 1.43 bits per heavy atom. The predicted octanol–water partition coefficient (Wildman–Crippen LogP) is 3.08. The van der Waals surface area contributed by atoms with E-state index >= 15 is 0 Å². The summed E-state index contributed by atoms with van der Waals surface area (Å²) in [6.45, 7) is 3.76. The summed E-state index contributed by atoms with van der Waals surface area (Å²) < 4.78 is 52.3. The van der Waals surface area contributed by atoms with Gasteiger partial charge in [-0.2, -0.15) is 5.26 Å². The highest BCUT2D eigenvalue weighted by Gasteiger charge is 2.49. The average molecular weight is 204 g/mol. The third-order valence-corrected chi connectivity index (χ3v) is 2.14. The molecule has 0 heterocycles. The van der Waals surface area contributed by atoms with Crippen LogP contribution in [0.1, 0.15) is 6.92 Å². The van der Waals surface area contributed by atoms with Crippen molar-refractivity contribution in [2.24, 2.45) is 5.92 Å². The Morgan fingerprint density at radius 3 is 2.36 bits per heavy atom. The van der Waals surface area contributed by atoms with E-state index < -0.39 is 34.6 Å². The largest absolute Gasteiger partial charge is 0.256 e. The number of halogens is 4. The van der Waals surface area contributed by atoms with Crippen molar-refractivity contribution >= 4 is 0 Å². The molecule has 5 heteroatoms. The third-order valence-electron chi connectivity index (χ3n) is 2.14. The number of hydrogen-bond donors (Lipinski definition) is 0. The number of nitriles is 1. The highest BCUT2D eigenvalue weighted by molar-refractivity contribution is 5.44. The first-order valence-electron chi connectivity index (χ1n) is 3.72. The Kier molecular flexibility index (Phi) is 2.40. The van der Waals surface area contributed by atoms with Crippen LogP contribution in [-0.4, -0.2) is 5.67 Å². The second kappa shape index (κ2) is 3.12. The number of allylic oxidation sites excluding steroid dienone is 4. The van der Waals surface area contributed by atoms with Crippen LogP contribution in [0, 0.1) is 24.2 Å². The highest BCUT2D eigenvalue weighted by atomic mass is 19.2. The smallest absolute Gasteiger partial charge is 0.219 e. The number of alkyl halides is 1. The standard InChI is InChI=1S/C9H6F4N/c1-4-6(10)7(11)5(2)9(13,3-14)8(4)12/h5H,2H2,1H3/t5?,9-/m0/s1. The second-order valence-corrected chi connectivity index (χ2v) is 2.98. The van der Waals surface area contributed by atoms with Crippen molar-refractivity contribution in [3.05, 3.63) is 30.0 Å². The first-order valence-corrected chi connectivity index (χ1v) is 3.72. The zero-order chi connectivity index (χ0) is 11.1. The molecule has 1 nitrogen and oxygen atoms in total. The summed E-state index contributed by atoms with van der Waals surface area (Å²) in [5, 5.41) is 8.36. The molecule has 0 spiro atoms. The second-order valence-electron chi connectivity index (χ2n) is 2.98. The van der Waals surface area contributed by atoms with E-state index in [0.29, 0.717) is 0 Å².